The minimum Gasteiger partial charge on any atom is -0.455 e. The SMILES string of the molecule is Brc1cc2oc3c(Br)c(Br)c(Br)c(Br)c3c2cc1Br. The topological polar surface area (TPSA) is 13.1 Å². The lowest BCUT2D eigenvalue weighted by molar-refractivity contribution is 0.666. The Morgan fingerprint density at radius 3 is 1.95 bits per heavy atom. The van der Waals surface area contributed by atoms with Gasteiger partial charge in [0.25, 0.3) is 0 Å². The first-order valence-corrected chi connectivity index (χ1v) is 9.70. The molecule has 1 heterocycles. The van der Waals surface area contributed by atoms with Crippen molar-refractivity contribution in [3.05, 3.63) is 39.0 Å². The molecule has 0 aliphatic heterocycles. The molecule has 0 saturated heterocycles. The van der Waals surface area contributed by atoms with Crippen molar-refractivity contribution in [3.63, 3.8) is 0 Å². The van der Waals surface area contributed by atoms with Gasteiger partial charge in [-0.15, -0.1) is 0 Å². The van der Waals surface area contributed by atoms with Crippen LogP contribution in [0.15, 0.2) is 43.4 Å². The second-order valence-corrected chi connectivity index (χ2v) is 8.71. The first kappa shape index (κ1) is 15.0. The van der Waals surface area contributed by atoms with Gasteiger partial charge in [0.15, 0.2) is 5.58 Å². The number of hydrogen-bond donors (Lipinski definition) is 0. The molecule has 0 aliphatic rings. The van der Waals surface area contributed by atoms with Gasteiger partial charge in [0.2, 0.25) is 0 Å². The van der Waals surface area contributed by atoms with Crippen LogP contribution in [0.4, 0.5) is 0 Å². The standard InChI is InChI=1S/C12H2Br6O/c13-4-1-3-6(2-5(4)14)19-12-7(3)8(15)9(16)10(17)11(12)18/h1-2H. The highest BCUT2D eigenvalue weighted by Crippen LogP contribution is 2.48. The Morgan fingerprint density at radius 1 is 0.684 bits per heavy atom. The van der Waals surface area contributed by atoms with Gasteiger partial charge in [0, 0.05) is 28.7 Å². The molecule has 0 unspecified atom stereocenters. The van der Waals surface area contributed by atoms with Crippen LogP contribution in [0.5, 0.6) is 0 Å². The third-order valence-corrected chi connectivity index (χ3v) is 9.30. The van der Waals surface area contributed by atoms with E-state index < -0.39 is 0 Å². The molecular formula is C12H2Br6O. The van der Waals surface area contributed by atoms with E-state index in [1.165, 1.54) is 0 Å². The van der Waals surface area contributed by atoms with E-state index in [1.54, 1.807) is 0 Å². The maximum absolute atomic E-state index is 5.96. The van der Waals surface area contributed by atoms with E-state index in [1.807, 2.05) is 12.1 Å². The number of rotatable bonds is 0. The van der Waals surface area contributed by atoms with Crippen LogP contribution < -0.4 is 0 Å². The minimum atomic E-state index is 0.807. The summed E-state index contributed by atoms with van der Waals surface area (Å²) in [5, 5.41) is 2.08. The smallest absolute Gasteiger partial charge is 0.151 e. The molecule has 0 bridgehead atoms. The van der Waals surface area contributed by atoms with Crippen LogP contribution in [-0.4, -0.2) is 0 Å². The van der Waals surface area contributed by atoms with Crippen LogP contribution in [0.3, 0.4) is 0 Å². The number of fused-ring (bicyclic) bond motifs is 3. The summed E-state index contributed by atoms with van der Waals surface area (Å²) >= 11 is 21.3. The number of furan rings is 1. The van der Waals surface area contributed by atoms with Crippen LogP contribution in [0.2, 0.25) is 0 Å². The first-order valence-electron chi connectivity index (χ1n) is 4.95. The van der Waals surface area contributed by atoms with E-state index in [2.05, 4.69) is 95.6 Å². The quantitative estimate of drug-likeness (QED) is 0.178. The monoisotopic (exact) mass is 636 g/mol. The normalized spacial score (nSPS) is 11.7. The molecule has 0 aliphatic carbocycles. The predicted octanol–water partition coefficient (Wildman–Crippen LogP) is 8.16. The zero-order chi connectivity index (χ0) is 13.9. The molecule has 0 fully saturated rings. The molecule has 0 amide bonds. The van der Waals surface area contributed by atoms with Gasteiger partial charge in [0.1, 0.15) is 5.58 Å². The van der Waals surface area contributed by atoms with Gasteiger partial charge in [-0.2, -0.15) is 0 Å². The van der Waals surface area contributed by atoms with E-state index in [0.29, 0.717) is 0 Å². The molecule has 0 spiro atoms. The molecule has 1 nitrogen and oxygen atoms in total. The molecule has 1 aromatic heterocycles. The van der Waals surface area contributed by atoms with E-state index in [9.17, 15) is 0 Å². The Balaban J connectivity index is 2.63. The van der Waals surface area contributed by atoms with E-state index in [0.717, 1.165) is 48.8 Å². The second kappa shape index (κ2) is 5.39. The molecular weight excluding hydrogens is 640 g/mol. The van der Waals surface area contributed by atoms with E-state index >= 15 is 0 Å². The van der Waals surface area contributed by atoms with Gasteiger partial charge < -0.3 is 4.42 Å². The second-order valence-electron chi connectivity index (χ2n) is 3.82. The van der Waals surface area contributed by atoms with Crippen LogP contribution in [0.25, 0.3) is 21.9 Å². The Labute approximate surface area is 159 Å². The summed E-state index contributed by atoms with van der Waals surface area (Å²) in [5.41, 5.74) is 1.64. The third kappa shape index (κ3) is 2.32. The van der Waals surface area contributed by atoms with Gasteiger partial charge in [-0.25, -0.2) is 0 Å². The summed E-state index contributed by atoms with van der Waals surface area (Å²) in [5.74, 6) is 0. The van der Waals surface area contributed by atoms with Crippen molar-refractivity contribution >= 4 is 118 Å². The Bertz CT molecular complexity index is 836. The highest BCUT2D eigenvalue weighted by molar-refractivity contribution is 9.15. The fourth-order valence-corrected chi connectivity index (χ4v) is 4.91. The summed E-state index contributed by atoms with van der Waals surface area (Å²) in [7, 11) is 0. The van der Waals surface area contributed by atoms with E-state index in [4.69, 9.17) is 4.42 Å². The van der Waals surface area contributed by atoms with Crippen molar-refractivity contribution in [2.24, 2.45) is 0 Å². The first-order chi connectivity index (χ1) is 8.91. The Hall–Kier alpha value is 1.12. The molecule has 98 valence electrons. The average molecular weight is 642 g/mol. The Kier molecular flexibility index (Phi) is 4.27. The maximum atomic E-state index is 5.96. The highest BCUT2D eigenvalue weighted by Gasteiger charge is 2.20. The number of hydrogen-bond acceptors (Lipinski definition) is 1. The maximum Gasteiger partial charge on any atom is 0.151 e. The van der Waals surface area contributed by atoms with Gasteiger partial charge in [-0.3, -0.25) is 0 Å². The fourth-order valence-electron chi connectivity index (χ4n) is 1.87. The lowest BCUT2D eigenvalue weighted by Crippen LogP contribution is -1.79. The molecule has 0 radical (unpaired) electrons. The summed E-state index contributed by atoms with van der Waals surface area (Å²) in [6.07, 6.45) is 0. The molecule has 0 saturated carbocycles. The van der Waals surface area contributed by atoms with Crippen molar-refractivity contribution in [1.29, 1.82) is 0 Å². The number of benzene rings is 2. The molecule has 7 heteroatoms. The molecule has 0 N–H and O–H groups in total. The molecule has 2 aromatic carbocycles. The van der Waals surface area contributed by atoms with Gasteiger partial charge in [0.05, 0.1) is 8.95 Å². The van der Waals surface area contributed by atoms with Crippen LogP contribution in [-0.2, 0) is 0 Å². The Morgan fingerprint density at radius 2 is 1.26 bits per heavy atom. The van der Waals surface area contributed by atoms with Crippen LogP contribution >= 0.6 is 95.6 Å². The van der Waals surface area contributed by atoms with E-state index in [-0.39, 0.29) is 0 Å². The summed E-state index contributed by atoms with van der Waals surface area (Å²) < 4.78 is 11.6. The van der Waals surface area contributed by atoms with Gasteiger partial charge >= 0.3 is 0 Å². The van der Waals surface area contributed by atoms with Crippen molar-refractivity contribution < 1.29 is 4.42 Å². The molecule has 3 rings (SSSR count). The van der Waals surface area contributed by atoms with Gasteiger partial charge in [-0.1, -0.05) is 0 Å². The minimum absolute atomic E-state index is 0.807. The largest absolute Gasteiger partial charge is 0.455 e. The highest BCUT2D eigenvalue weighted by atomic mass is 79.9. The predicted molar refractivity (Wildman–Crippen MR) is 99.9 cm³/mol. The van der Waals surface area contributed by atoms with Crippen molar-refractivity contribution in [3.8, 4) is 0 Å². The average Bonchev–Trinajstić information content (AvgIpc) is 2.73. The zero-order valence-corrected chi connectivity index (χ0v) is 18.3. The molecule has 0 atom stereocenters. The third-order valence-electron chi connectivity index (χ3n) is 2.73. The lowest BCUT2D eigenvalue weighted by atomic mass is 10.1. The van der Waals surface area contributed by atoms with Crippen LogP contribution in [0, 0.1) is 0 Å². The molecule has 19 heavy (non-hydrogen) atoms. The summed E-state index contributed by atoms with van der Waals surface area (Å²) in [6, 6.07) is 4.00. The van der Waals surface area contributed by atoms with Crippen molar-refractivity contribution in [2.75, 3.05) is 0 Å². The fraction of sp³-hybridized carbons (Fsp3) is 0. The number of halogens is 6. The van der Waals surface area contributed by atoms with Crippen LogP contribution in [0.1, 0.15) is 0 Å². The van der Waals surface area contributed by atoms with Crippen molar-refractivity contribution in [1.82, 2.24) is 0 Å². The summed E-state index contributed by atoms with van der Waals surface area (Å²) in [4.78, 5) is 0. The molecule has 3 aromatic rings. The van der Waals surface area contributed by atoms with Crippen molar-refractivity contribution in [2.45, 2.75) is 0 Å². The zero-order valence-electron chi connectivity index (χ0n) is 8.83. The summed E-state index contributed by atoms with van der Waals surface area (Å²) in [6.45, 7) is 0. The lowest BCUT2D eigenvalue weighted by Gasteiger charge is -2.04. The van der Waals surface area contributed by atoms with Gasteiger partial charge in [-0.05, 0) is 108 Å².